The number of methoxy groups -OCH3 is 1. The standard InChI is InChI=1S/C16H25N3O4S/c1-18(2)24(21,22)13-7-8-15(23-3)14(11-13)17-16(20)12-19-9-5-4-6-10-19/h7-8,11H,4-6,9-10,12H2,1-3H3,(H,17,20). The molecule has 134 valence electrons. The number of rotatable bonds is 6. The van der Waals surface area contributed by atoms with E-state index in [9.17, 15) is 13.2 Å². The minimum Gasteiger partial charge on any atom is -0.495 e. The van der Waals surface area contributed by atoms with Gasteiger partial charge in [0.25, 0.3) is 0 Å². The number of nitrogens with zero attached hydrogens (tertiary/aromatic N) is 2. The highest BCUT2D eigenvalue weighted by Gasteiger charge is 2.20. The van der Waals surface area contributed by atoms with Gasteiger partial charge in [0.1, 0.15) is 5.75 Å². The molecule has 1 heterocycles. The van der Waals surface area contributed by atoms with Crippen LogP contribution in [0.1, 0.15) is 19.3 Å². The molecule has 1 aromatic carbocycles. The largest absolute Gasteiger partial charge is 0.495 e. The molecule has 1 aliphatic heterocycles. The number of carbonyl (C=O) groups excluding carboxylic acids is 1. The van der Waals surface area contributed by atoms with Crippen molar-refractivity contribution >= 4 is 21.6 Å². The van der Waals surface area contributed by atoms with E-state index in [-0.39, 0.29) is 10.8 Å². The third kappa shape index (κ3) is 4.46. The van der Waals surface area contributed by atoms with Crippen LogP contribution in [0.15, 0.2) is 23.1 Å². The van der Waals surface area contributed by atoms with Crippen LogP contribution in [0.4, 0.5) is 5.69 Å². The van der Waals surface area contributed by atoms with E-state index in [0.29, 0.717) is 18.0 Å². The maximum absolute atomic E-state index is 12.3. The molecule has 0 saturated carbocycles. The Hall–Kier alpha value is -1.64. The second kappa shape index (κ2) is 7.96. The summed E-state index contributed by atoms with van der Waals surface area (Å²) in [6.07, 6.45) is 3.41. The molecular formula is C16H25N3O4S. The molecule has 0 spiro atoms. The number of anilines is 1. The van der Waals surface area contributed by atoms with Gasteiger partial charge in [0.15, 0.2) is 0 Å². The average Bonchev–Trinajstić information content (AvgIpc) is 2.55. The van der Waals surface area contributed by atoms with Gasteiger partial charge in [-0.3, -0.25) is 9.69 Å². The lowest BCUT2D eigenvalue weighted by Crippen LogP contribution is -2.36. The third-order valence-corrected chi connectivity index (χ3v) is 5.85. The molecule has 1 aromatic rings. The first-order valence-electron chi connectivity index (χ1n) is 7.97. The predicted octanol–water partition coefficient (Wildman–Crippen LogP) is 1.37. The fourth-order valence-corrected chi connectivity index (χ4v) is 3.59. The Morgan fingerprint density at radius 1 is 1.25 bits per heavy atom. The summed E-state index contributed by atoms with van der Waals surface area (Å²) >= 11 is 0. The summed E-state index contributed by atoms with van der Waals surface area (Å²) in [5, 5.41) is 2.77. The molecule has 0 radical (unpaired) electrons. The highest BCUT2D eigenvalue weighted by atomic mass is 32.2. The molecular weight excluding hydrogens is 330 g/mol. The molecule has 1 aliphatic rings. The number of piperidine rings is 1. The smallest absolute Gasteiger partial charge is 0.242 e. The highest BCUT2D eigenvalue weighted by molar-refractivity contribution is 7.89. The number of nitrogens with one attached hydrogen (secondary N) is 1. The van der Waals surface area contributed by atoms with E-state index in [1.54, 1.807) is 6.07 Å². The number of carbonyl (C=O) groups is 1. The van der Waals surface area contributed by atoms with Gasteiger partial charge in [-0.2, -0.15) is 0 Å². The summed E-state index contributed by atoms with van der Waals surface area (Å²) in [4.78, 5) is 14.5. The Kier molecular flexibility index (Phi) is 6.20. The molecule has 24 heavy (non-hydrogen) atoms. The number of hydrogen-bond acceptors (Lipinski definition) is 5. The zero-order valence-corrected chi connectivity index (χ0v) is 15.2. The predicted molar refractivity (Wildman–Crippen MR) is 92.8 cm³/mol. The number of ether oxygens (including phenoxy) is 1. The molecule has 2 rings (SSSR count). The lowest BCUT2D eigenvalue weighted by Gasteiger charge is -2.25. The fourth-order valence-electron chi connectivity index (χ4n) is 2.67. The second-order valence-corrected chi connectivity index (χ2v) is 8.19. The summed E-state index contributed by atoms with van der Waals surface area (Å²) in [5.74, 6) is 0.259. The van der Waals surface area contributed by atoms with Crippen molar-refractivity contribution in [3.8, 4) is 5.75 Å². The van der Waals surface area contributed by atoms with Crippen LogP contribution in [0.5, 0.6) is 5.75 Å². The molecule has 8 heteroatoms. The normalized spacial score (nSPS) is 16.2. The van der Waals surface area contributed by atoms with Crippen LogP contribution in [-0.2, 0) is 14.8 Å². The summed E-state index contributed by atoms with van der Waals surface area (Å²) < 4.78 is 30.9. The van der Waals surface area contributed by atoms with Crippen molar-refractivity contribution < 1.29 is 17.9 Å². The van der Waals surface area contributed by atoms with Crippen LogP contribution in [0.2, 0.25) is 0 Å². The minimum absolute atomic E-state index is 0.113. The lowest BCUT2D eigenvalue weighted by atomic mass is 10.1. The van der Waals surface area contributed by atoms with Gasteiger partial charge in [0.2, 0.25) is 15.9 Å². The Labute approximate surface area is 143 Å². The molecule has 1 amide bonds. The van der Waals surface area contributed by atoms with Crippen molar-refractivity contribution in [2.24, 2.45) is 0 Å². The minimum atomic E-state index is -3.57. The molecule has 1 fully saturated rings. The SMILES string of the molecule is COc1ccc(S(=O)(=O)N(C)C)cc1NC(=O)CN1CCCCC1. The van der Waals surface area contributed by atoms with Crippen molar-refractivity contribution in [3.63, 3.8) is 0 Å². The van der Waals surface area contributed by atoms with Crippen LogP contribution in [0.3, 0.4) is 0 Å². The number of amides is 1. The van der Waals surface area contributed by atoms with Crippen molar-refractivity contribution in [2.75, 3.05) is 46.2 Å². The van der Waals surface area contributed by atoms with Crippen LogP contribution in [0.25, 0.3) is 0 Å². The number of benzene rings is 1. The molecule has 0 bridgehead atoms. The third-order valence-electron chi connectivity index (χ3n) is 4.04. The molecule has 0 atom stereocenters. The van der Waals surface area contributed by atoms with Gasteiger partial charge >= 0.3 is 0 Å². The van der Waals surface area contributed by atoms with Gasteiger partial charge < -0.3 is 10.1 Å². The maximum atomic E-state index is 12.3. The van der Waals surface area contributed by atoms with Crippen molar-refractivity contribution in [2.45, 2.75) is 24.2 Å². The first-order valence-corrected chi connectivity index (χ1v) is 9.41. The van der Waals surface area contributed by atoms with Crippen LogP contribution in [0, 0.1) is 0 Å². The lowest BCUT2D eigenvalue weighted by molar-refractivity contribution is -0.117. The first-order chi connectivity index (χ1) is 11.3. The first kappa shape index (κ1) is 18.7. The Morgan fingerprint density at radius 3 is 2.50 bits per heavy atom. The number of likely N-dealkylation sites (tertiary alicyclic amines) is 1. The van der Waals surface area contributed by atoms with E-state index < -0.39 is 10.0 Å². The van der Waals surface area contributed by atoms with Crippen LogP contribution < -0.4 is 10.1 Å². The van der Waals surface area contributed by atoms with E-state index >= 15 is 0 Å². The summed E-state index contributed by atoms with van der Waals surface area (Å²) in [6.45, 7) is 2.13. The second-order valence-electron chi connectivity index (χ2n) is 6.03. The van der Waals surface area contributed by atoms with E-state index in [4.69, 9.17) is 4.74 Å². The molecule has 1 saturated heterocycles. The van der Waals surface area contributed by atoms with Gasteiger partial charge in [0, 0.05) is 14.1 Å². The van der Waals surface area contributed by atoms with Gasteiger partial charge in [-0.05, 0) is 44.1 Å². The Balaban J connectivity index is 2.16. The van der Waals surface area contributed by atoms with Crippen molar-refractivity contribution in [1.82, 2.24) is 9.21 Å². The summed E-state index contributed by atoms with van der Waals surface area (Å²) in [7, 11) is 0.843. The van der Waals surface area contributed by atoms with Gasteiger partial charge in [0.05, 0.1) is 24.2 Å². The molecule has 0 aliphatic carbocycles. The molecule has 7 nitrogen and oxygen atoms in total. The topological polar surface area (TPSA) is 79.0 Å². The zero-order chi connectivity index (χ0) is 17.7. The van der Waals surface area contributed by atoms with E-state index in [0.717, 1.165) is 30.2 Å². The average molecular weight is 355 g/mol. The quantitative estimate of drug-likeness (QED) is 0.834. The van der Waals surface area contributed by atoms with Crippen LogP contribution >= 0.6 is 0 Å². The summed E-state index contributed by atoms with van der Waals surface area (Å²) in [5.41, 5.74) is 0.363. The Bertz CT molecular complexity index is 683. The highest BCUT2D eigenvalue weighted by Crippen LogP contribution is 2.28. The Morgan fingerprint density at radius 2 is 1.92 bits per heavy atom. The van der Waals surface area contributed by atoms with Crippen molar-refractivity contribution in [1.29, 1.82) is 0 Å². The van der Waals surface area contributed by atoms with Crippen molar-refractivity contribution in [3.05, 3.63) is 18.2 Å². The van der Waals surface area contributed by atoms with Gasteiger partial charge in [-0.1, -0.05) is 6.42 Å². The van der Waals surface area contributed by atoms with E-state index in [1.165, 1.54) is 39.8 Å². The fraction of sp³-hybridized carbons (Fsp3) is 0.562. The number of hydrogen-bond donors (Lipinski definition) is 1. The molecule has 1 N–H and O–H groups in total. The van der Waals surface area contributed by atoms with E-state index in [1.807, 2.05) is 0 Å². The monoisotopic (exact) mass is 355 g/mol. The molecule has 0 aromatic heterocycles. The van der Waals surface area contributed by atoms with E-state index in [2.05, 4.69) is 10.2 Å². The maximum Gasteiger partial charge on any atom is 0.242 e. The van der Waals surface area contributed by atoms with Crippen LogP contribution in [-0.4, -0.2) is 64.4 Å². The van der Waals surface area contributed by atoms with Gasteiger partial charge in [-0.25, -0.2) is 12.7 Å². The van der Waals surface area contributed by atoms with Gasteiger partial charge in [-0.15, -0.1) is 0 Å². The molecule has 0 unspecified atom stereocenters. The summed E-state index contributed by atoms with van der Waals surface area (Å²) in [6, 6.07) is 4.45. The zero-order valence-electron chi connectivity index (χ0n) is 14.4. The number of sulfonamides is 1.